The average molecular weight is 243 g/mol. The predicted molar refractivity (Wildman–Crippen MR) is 71.4 cm³/mol. The van der Waals surface area contributed by atoms with E-state index in [2.05, 4.69) is 6.92 Å². The van der Waals surface area contributed by atoms with Gasteiger partial charge in [-0.05, 0) is 50.5 Å². The summed E-state index contributed by atoms with van der Waals surface area (Å²) in [6.45, 7) is 2.78. The first-order chi connectivity index (χ1) is 8.04. The molecule has 102 valence electrons. The van der Waals surface area contributed by atoms with Gasteiger partial charge in [-0.1, -0.05) is 13.3 Å². The number of nitrogens with two attached hydrogens (primary N) is 3. The summed E-state index contributed by atoms with van der Waals surface area (Å²) in [4.78, 5) is 0. The maximum absolute atomic E-state index is 9.61. The van der Waals surface area contributed by atoms with E-state index in [1.54, 1.807) is 0 Å². The standard InChI is InChI=1S/C13H29N3O/c1-9-7-12(15)11(13(16)8-9)4-2-3-10(17)5-6-14/h9-13,17H,2-8,14-16H2,1H3. The molecule has 1 aliphatic rings. The van der Waals surface area contributed by atoms with E-state index < -0.39 is 0 Å². The molecule has 0 spiro atoms. The van der Waals surface area contributed by atoms with Crippen LogP contribution >= 0.6 is 0 Å². The van der Waals surface area contributed by atoms with Gasteiger partial charge in [0, 0.05) is 12.1 Å². The molecule has 3 unspecified atom stereocenters. The molecule has 0 aromatic carbocycles. The molecular weight excluding hydrogens is 214 g/mol. The van der Waals surface area contributed by atoms with Gasteiger partial charge < -0.3 is 22.3 Å². The van der Waals surface area contributed by atoms with Crippen LogP contribution in [-0.2, 0) is 0 Å². The molecule has 0 amide bonds. The number of aliphatic hydroxyl groups excluding tert-OH is 1. The lowest BCUT2D eigenvalue weighted by molar-refractivity contribution is 0.142. The molecule has 7 N–H and O–H groups in total. The third-order valence-corrected chi connectivity index (χ3v) is 4.02. The first-order valence-corrected chi connectivity index (χ1v) is 6.93. The van der Waals surface area contributed by atoms with Crippen LogP contribution in [0.2, 0.25) is 0 Å². The van der Waals surface area contributed by atoms with Crippen LogP contribution in [0.3, 0.4) is 0 Å². The van der Waals surface area contributed by atoms with E-state index in [-0.39, 0.29) is 18.2 Å². The van der Waals surface area contributed by atoms with Gasteiger partial charge in [0.05, 0.1) is 6.10 Å². The van der Waals surface area contributed by atoms with Crippen molar-refractivity contribution in [3.63, 3.8) is 0 Å². The number of hydrogen-bond donors (Lipinski definition) is 4. The molecule has 0 aliphatic heterocycles. The van der Waals surface area contributed by atoms with Gasteiger partial charge >= 0.3 is 0 Å². The first kappa shape index (κ1) is 14.9. The van der Waals surface area contributed by atoms with Gasteiger partial charge in [0.2, 0.25) is 0 Å². The van der Waals surface area contributed by atoms with Crippen molar-refractivity contribution in [1.82, 2.24) is 0 Å². The summed E-state index contributed by atoms with van der Waals surface area (Å²) < 4.78 is 0. The van der Waals surface area contributed by atoms with Crippen LogP contribution in [0.4, 0.5) is 0 Å². The van der Waals surface area contributed by atoms with E-state index in [9.17, 15) is 5.11 Å². The zero-order valence-corrected chi connectivity index (χ0v) is 11.0. The van der Waals surface area contributed by atoms with E-state index in [4.69, 9.17) is 17.2 Å². The van der Waals surface area contributed by atoms with Crippen molar-refractivity contribution in [1.29, 1.82) is 0 Å². The first-order valence-electron chi connectivity index (χ1n) is 6.93. The van der Waals surface area contributed by atoms with E-state index in [0.717, 1.165) is 32.1 Å². The molecule has 0 saturated heterocycles. The molecule has 1 rings (SSSR count). The minimum atomic E-state index is -0.255. The summed E-state index contributed by atoms with van der Waals surface area (Å²) in [5, 5.41) is 9.61. The zero-order chi connectivity index (χ0) is 12.8. The summed E-state index contributed by atoms with van der Waals surface area (Å²) in [5.41, 5.74) is 17.7. The maximum atomic E-state index is 9.61. The Morgan fingerprint density at radius 2 is 1.76 bits per heavy atom. The van der Waals surface area contributed by atoms with Gasteiger partial charge in [0.15, 0.2) is 0 Å². The lowest BCUT2D eigenvalue weighted by atomic mass is 9.74. The molecule has 4 heteroatoms. The van der Waals surface area contributed by atoms with Crippen LogP contribution in [0.5, 0.6) is 0 Å². The van der Waals surface area contributed by atoms with Crippen molar-refractivity contribution in [2.24, 2.45) is 29.0 Å². The van der Waals surface area contributed by atoms with Crippen molar-refractivity contribution in [3.8, 4) is 0 Å². The average Bonchev–Trinajstić information content (AvgIpc) is 2.22. The van der Waals surface area contributed by atoms with E-state index in [1.807, 2.05) is 0 Å². The Bertz CT molecular complexity index is 201. The molecule has 0 bridgehead atoms. The molecule has 3 atom stereocenters. The molecule has 0 heterocycles. The quantitative estimate of drug-likeness (QED) is 0.548. The van der Waals surface area contributed by atoms with E-state index in [1.165, 1.54) is 0 Å². The summed E-state index contributed by atoms with van der Waals surface area (Å²) in [7, 11) is 0. The predicted octanol–water partition coefficient (Wildman–Crippen LogP) is 0.567. The summed E-state index contributed by atoms with van der Waals surface area (Å²) in [6, 6.07) is 0.473. The highest BCUT2D eigenvalue weighted by molar-refractivity contribution is 4.89. The fourth-order valence-electron chi connectivity index (χ4n) is 3.05. The minimum Gasteiger partial charge on any atom is -0.393 e. The molecule has 1 aliphatic carbocycles. The van der Waals surface area contributed by atoms with Gasteiger partial charge in [0.25, 0.3) is 0 Å². The Morgan fingerprint density at radius 3 is 2.29 bits per heavy atom. The van der Waals surface area contributed by atoms with Crippen molar-refractivity contribution in [2.75, 3.05) is 6.54 Å². The zero-order valence-electron chi connectivity index (χ0n) is 11.0. The van der Waals surface area contributed by atoms with Crippen LogP contribution in [-0.4, -0.2) is 29.8 Å². The highest BCUT2D eigenvalue weighted by Gasteiger charge is 2.31. The van der Waals surface area contributed by atoms with Crippen LogP contribution < -0.4 is 17.2 Å². The normalized spacial score (nSPS) is 35.8. The Morgan fingerprint density at radius 1 is 1.18 bits per heavy atom. The third-order valence-electron chi connectivity index (χ3n) is 4.02. The largest absolute Gasteiger partial charge is 0.393 e. The molecule has 0 aromatic heterocycles. The molecule has 17 heavy (non-hydrogen) atoms. The van der Waals surface area contributed by atoms with Crippen molar-refractivity contribution in [3.05, 3.63) is 0 Å². The second-order valence-electron chi connectivity index (χ2n) is 5.73. The monoisotopic (exact) mass is 243 g/mol. The SMILES string of the molecule is CC1CC(N)C(CCCC(O)CCN)C(N)C1. The molecular formula is C13H29N3O. The summed E-state index contributed by atoms with van der Waals surface area (Å²) in [6.07, 6.45) is 5.48. The highest BCUT2D eigenvalue weighted by Crippen LogP contribution is 2.30. The second kappa shape index (κ2) is 7.31. The van der Waals surface area contributed by atoms with E-state index in [0.29, 0.717) is 24.8 Å². The fourth-order valence-corrected chi connectivity index (χ4v) is 3.05. The van der Waals surface area contributed by atoms with Crippen LogP contribution in [0.1, 0.15) is 45.4 Å². The van der Waals surface area contributed by atoms with Crippen molar-refractivity contribution >= 4 is 0 Å². The minimum absolute atomic E-state index is 0.236. The van der Waals surface area contributed by atoms with Gasteiger partial charge in [-0.25, -0.2) is 0 Å². The summed E-state index contributed by atoms with van der Waals surface area (Å²) >= 11 is 0. The molecule has 4 nitrogen and oxygen atoms in total. The van der Waals surface area contributed by atoms with Gasteiger partial charge in [-0.15, -0.1) is 0 Å². The molecule has 0 radical (unpaired) electrons. The third kappa shape index (κ3) is 4.92. The Kier molecular flexibility index (Phi) is 6.41. The molecule has 1 saturated carbocycles. The summed E-state index contributed by atoms with van der Waals surface area (Å²) in [5.74, 6) is 1.08. The second-order valence-corrected chi connectivity index (χ2v) is 5.73. The van der Waals surface area contributed by atoms with Crippen LogP contribution in [0.25, 0.3) is 0 Å². The molecule has 0 aromatic rings. The topological polar surface area (TPSA) is 98.3 Å². The highest BCUT2D eigenvalue weighted by atomic mass is 16.3. The Balaban J connectivity index is 2.25. The molecule has 1 fully saturated rings. The number of hydrogen-bond acceptors (Lipinski definition) is 4. The smallest absolute Gasteiger partial charge is 0.0552 e. The van der Waals surface area contributed by atoms with Crippen LogP contribution in [0.15, 0.2) is 0 Å². The lowest BCUT2D eigenvalue weighted by Crippen LogP contribution is -2.48. The Hall–Kier alpha value is -0.160. The Labute approximate surface area is 105 Å². The van der Waals surface area contributed by atoms with Gasteiger partial charge in [-0.2, -0.15) is 0 Å². The van der Waals surface area contributed by atoms with Gasteiger partial charge in [0.1, 0.15) is 0 Å². The fraction of sp³-hybridized carbons (Fsp3) is 1.00. The van der Waals surface area contributed by atoms with Crippen molar-refractivity contribution in [2.45, 2.75) is 63.6 Å². The van der Waals surface area contributed by atoms with Crippen molar-refractivity contribution < 1.29 is 5.11 Å². The number of aliphatic hydroxyl groups is 1. The lowest BCUT2D eigenvalue weighted by Gasteiger charge is -2.37. The van der Waals surface area contributed by atoms with E-state index >= 15 is 0 Å². The van der Waals surface area contributed by atoms with Crippen LogP contribution in [0, 0.1) is 11.8 Å². The van der Waals surface area contributed by atoms with Gasteiger partial charge in [-0.3, -0.25) is 0 Å². The maximum Gasteiger partial charge on any atom is 0.0552 e. The number of rotatable bonds is 6.